The van der Waals surface area contributed by atoms with Crippen LogP contribution in [0.25, 0.3) is 11.0 Å². The number of imidazole rings is 1. The first-order valence-electron chi connectivity index (χ1n) is 9.27. The maximum absolute atomic E-state index is 11.3. The van der Waals surface area contributed by atoms with E-state index in [2.05, 4.69) is 21.8 Å². The van der Waals surface area contributed by atoms with Crippen LogP contribution >= 0.6 is 0 Å². The smallest absolute Gasteiger partial charge is 0.336 e. The van der Waals surface area contributed by atoms with E-state index in [1.54, 1.807) is 19.1 Å². The Balaban J connectivity index is 1.83. The number of nitrogens with one attached hydrogen (secondary N) is 1. The number of nitrogens with zero attached hydrogens (tertiary/aromatic N) is 1. The van der Waals surface area contributed by atoms with E-state index in [4.69, 9.17) is 4.74 Å². The van der Waals surface area contributed by atoms with Gasteiger partial charge >= 0.3 is 5.97 Å². The molecule has 5 nitrogen and oxygen atoms in total. The largest absolute Gasteiger partial charge is 0.478 e. The van der Waals surface area contributed by atoms with Crippen LogP contribution in [0.2, 0.25) is 0 Å². The summed E-state index contributed by atoms with van der Waals surface area (Å²) in [5.74, 6) is 5.75. The molecule has 0 aliphatic carbocycles. The third-order valence-electron chi connectivity index (χ3n) is 4.34. The van der Waals surface area contributed by atoms with Crippen molar-refractivity contribution in [3.63, 3.8) is 0 Å². The molecule has 2 aromatic carbocycles. The zero-order chi connectivity index (χ0) is 20.8. The highest BCUT2D eigenvalue weighted by Gasteiger charge is 2.11. The normalized spacial score (nSPS) is 11.1. The minimum atomic E-state index is -0.989. The van der Waals surface area contributed by atoms with Gasteiger partial charge in [0.2, 0.25) is 0 Å². The molecule has 29 heavy (non-hydrogen) atoms. The van der Waals surface area contributed by atoms with Crippen molar-refractivity contribution in [3.8, 4) is 23.6 Å². The van der Waals surface area contributed by atoms with Crippen molar-refractivity contribution in [2.24, 2.45) is 0 Å². The second-order valence-electron chi connectivity index (χ2n) is 6.57. The summed E-state index contributed by atoms with van der Waals surface area (Å²) < 4.78 is 5.74. The highest BCUT2D eigenvalue weighted by Crippen LogP contribution is 2.25. The Bertz CT molecular complexity index is 1170. The zero-order valence-electron chi connectivity index (χ0n) is 16.6. The average molecular weight is 386 g/mol. The van der Waals surface area contributed by atoms with Crippen LogP contribution < -0.4 is 4.74 Å². The van der Waals surface area contributed by atoms with Gasteiger partial charge in [0, 0.05) is 12.0 Å². The highest BCUT2D eigenvalue weighted by atomic mass is 16.5. The molecule has 0 atom stereocenters. The Morgan fingerprint density at radius 2 is 2.03 bits per heavy atom. The summed E-state index contributed by atoms with van der Waals surface area (Å²) in [7, 11) is 0. The lowest BCUT2D eigenvalue weighted by Crippen LogP contribution is -2.00. The van der Waals surface area contributed by atoms with Gasteiger partial charge < -0.3 is 14.8 Å². The summed E-state index contributed by atoms with van der Waals surface area (Å²) in [6.45, 7) is 5.72. The molecule has 146 valence electrons. The van der Waals surface area contributed by atoms with Crippen LogP contribution in [0.5, 0.6) is 11.8 Å². The lowest BCUT2D eigenvalue weighted by Gasteiger charge is -2.05. The summed E-state index contributed by atoms with van der Waals surface area (Å²) >= 11 is 0. The monoisotopic (exact) mass is 386 g/mol. The Kier molecular flexibility index (Phi) is 6.16. The predicted octanol–water partition coefficient (Wildman–Crippen LogP) is 5.54. The second kappa shape index (κ2) is 8.94. The van der Waals surface area contributed by atoms with Gasteiger partial charge in [-0.1, -0.05) is 42.2 Å². The molecule has 0 aliphatic rings. The SMILES string of the molecule is C/C=C\C=C/CC#Cc1cc2nc(Oc3ccc(C)c(C(=O)O)c3)[nH]c2cc1C. The third-order valence-corrected chi connectivity index (χ3v) is 4.34. The van der Waals surface area contributed by atoms with Crippen molar-refractivity contribution in [1.29, 1.82) is 0 Å². The number of carboxylic acid groups (broad SMARTS) is 1. The molecule has 3 aromatic rings. The lowest BCUT2D eigenvalue weighted by atomic mass is 10.1. The Morgan fingerprint density at radius 1 is 1.21 bits per heavy atom. The van der Waals surface area contributed by atoms with Gasteiger partial charge in [-0.25, -0.2) is 4.79 Å². The molecule has 3 rings (SSSR count). The molecule has 1 heterocycles. The minimum absolute atomic E-state index is 0.204. The molecule has 0 saturated carbocycles. The fourth-order valence-corrected chi connectivity index (χ4v) is 2.79. The van der Waals surface area contributed by atoms with Crippen molar-refractivity contribution in [2.75, 3.05) is 0 Å². The Labute approximate surface area is 169 Å². The van der Waals surface area contributed by atoms with Crippen molar-refractivity contribution >= 4 is 17.0 Å². The first kappa shape index (κ1) is 20.0. The van der Waals surface area contributed by atoms with E-state index in [1.165, 1.54) is 6.07 Å². The van der Waals surface area contributed by atoms with Crippen LogP contribution in [0.15, 0.2) is 54.6 Å². The number of carbonyl (C=O) groups is 1. The molecule has 0 amide bonds. The molecule has 1 aromatic heterocycles. The fourth-order valence-electron chi connectivity index (χ4n) is 2.79. The third kappa shape index (κ3) is 4.94. The quantitative estimate of drug-likeness (QED) is 0.446. The van der Waals surface area contributed by atoms with Crippen LogP contribution in [-0.2, 0) is 0 Å². The number of fused-ring (bicyclic) bond motifs is 1. The van der Waals surface area contributed by atoms with Crippen molar-refractivity contribution in [1.82, 2.24) is 9.97 Å². The van der Waals surface area contributed by atoms with E-state index in [0.29, 0.717) is 23.7 Å². The molecular formula is C24H22N2O3. The maximum Gasteiger partial charge on any atom is 0.336 e. The first-order chi connectivity index (χ1) is 14.0. The molecule has 0 unspecified atom stereocenters. The van der Waals surface area contributed by atoms with Gasteiger partial charge in [-0.05, 0) is 56.2 Å². The molecular weight excluding hydrogens is 364 g/mol. The summed E-state index contributed by atoms with van der Waals surface area (Å²) in [5, 5.41) is 9.26. The van der Waals surface area contributed by atoms with E-state index in [9.17, 15) is 9.90 Å². The van der Waals surface area contributed by atoms with Crippen LogP contribution in [0.1, 0.15) is 40.4 Å². The Hall–Kier alpha value is -3.78. The summed E-state index contributed by atoms with van der Waals surface area (Å²) in [6, 6.07) is 9.14. The zero-order valence-corrected chi connectivity index (χ0v) is 16.6. The molecule has 0 bridgehead atoms. The lowest BCUT2D eigenvalue weighted by molar-refractivity contribution is 0.0695. The van der Waals surface area contributed by atoms with E-state index >= 15 is 0 Å². The number of aromatic carboxylic acids is 1. The molecule has 0 fully saturated rings. The van der Waals surface area contributed by atoms with Crippen LogP contribution in [0, 0.1) is 25.7 Å². The van der Waals surface area contributed by atoms with Crippen LogP contribution in [0.3, 0.4) is 0 Å². The van der Waals surface area contributed by atoms with Gasteiger partial charge in [-0.15, -0.1) is 0 Å². The van der Waals surface area contributed by atoms with Gasteiger partial charge in [-0.3, -0.25) is 0 Å². The van der Waals surface area contributed by atoms with Crippen molar-refractivity contribution < 1.29 is 14.6 Å². The number of aryl methyl sites for hydroxylation is 2. The molecule has 0 radical (unpaired) electrons. The standard InChI is InChI=1S/C24H22N2O3/c1-4-5-6-7-8-9-10-18-14-22-21(13-17(18)3)25-24(26-22)29-19-12-11-16(2)20(15-19)23(27)28/h4-7,11-15H,8H2,1-3H3,(H,25,26)(H,27,28)/b5-4-,7-6-. The number of aromatic nitrogens is 2. The maximum atomic E-state index is 11.3. The average Bonchev–Trinajstić information content (AvgIpc) is 3.06. The molecule has 0 saturated heterocycles. The number of ether oxygens (including phenoxy) is 1. The van der Waals surface area contributed by atoms with E-state index in [1.807, 2.05) is 50.3 Å². The summed E-state index contributed by atoms with van der Waals surface area (Å²) in [6.07, 6.45) is 8.60. The van der Waals surface area contributed by atoms with Crippen molar-refractivity contribution in [2.45, 2.75) is 27.2 Å². The topological polar surface area (TPSA) is 75.2 Å². The van der Waals surface area contributed by atoms with Gasteiger partial charge in [-0.2, -0.15) is 4.98 Å². The number of allylic oxidation sites excluding steroid dienone is 4. The first-order valence-corrected chi connectivity index (χ1v) is 9.27. The van der Waals surface area contributed by atoms with Crippen molar-refractivity contribution in [3.05, 3.63) is 76.9 Å². The van der Waals surface area contributed by atoms with E-state index in [0.717, 1.165) is 22.2 Å². The molecule has 5 heteroatoms. The van der Waals surface area contributed by atoms with Gasteiger partial charge in [0.1, 0.15) is 5.75 Å². The number of aromatic amines is 1. The second-order valence-corrected chi connectivity index (χ2v) is 6.57. The van der Waals surface area contributed by atoms with Crippen LogP contribution in [0.4, 0.5) is 0 Å². The molecule has 0 aliphatic heterocycles. The van der Waals surface area contributed by atoms with E-state index in [-0.39, 0.29) is 5.56 Å². The molecule has 0 spiro atoms. The summed E-state index contributed by atoms with van der Waals surface area (Å²) in [5.41, 5.74) is 4.41. The molecule has 2 N–H and O–H groups in total. The van der Waals surface area contributed by atoms with Gasteiger partial charge in [0.15, 0.2) is 0 Å². The minimum Gasteiger partial charge on any atom is -0.478 e. The van der Waals surface area contributed by atoms with Gasteiger partial charge in [0.05, 0.1) is 16.6 Å². The number of rotatable bonds is 5. The van der Waals surface area contributed by atoms with Crippen LogP contribution in [-0.4, -0.2) is 21.0 Å². The number of hydrogen-bond acceptors (Lipinski definition) is 3. The number of H-pyrrole nitrogens is 1. The van der Waals surface area contributed by atoms with Gasteiger partial charge in [0.25, 0.3) is 6.01 Å². The predicted molar refractivity (Wildman–Crippen MR) is 114 cm³/mol. The summed E-state index contributed by atoms with van der Waals surface area (Å²) in [4.78, 5) is 18.9. The highest BCUT2D eigenvalue weighted by molar-refractivity contribution is 5.89. The Morgan fingerprint density at radius 3 is 2.79 bits per heavy atom. The number of benzene rings is 2. The van der Waals surface area contributed by atoms with E-state index < -0.39 is 5.97 Å². The number of hydrogen-bond donors (Lipinski definition) is 2. The fraction of sp³-hybridized carbons (Fsp3) is 0.167. The number of carboxylic acids is 1.